The van der Waals surface area contributed by atoms with Gasteiger partial charge in [0.2, 0.25) is 11.8 Å². The molecular formula is C13H17N3O3. The van der Waals surface area contributed by atoms with E-state index < -0.39 is 17.7 Å². The van der Waals surface area contributed by atoms with E-state index in [9.17, 15) is 14.4 Å². The van der Waals surface area contributed by atoms with Crippen molar-refractivity contribution >= 4 is 17.7 Å². The van der Waals surface area contributed by atoms with Gasteiger partial charge in [-0.3, -0.25) is 14.4 Å². The molecule has 0 aliphatic rings. The van der Waals surface area contributed by atoms with Crippen molar-refractivity contribution in [3.8, 4) is 0 Å². The van der Waals surface area contributed by atoms with Crippen molar-refractivity contribution in [1.29, 1.82) is 0 Å². The molecule has 0 fully saturated rings. The van der Waals surface area contributed by atoms with Crippen LogP contribution in [0, 0.1) is 13.8 Å². The molecule has 2 N–H and O–H groups in total. The first kappa shape index (κ1) is 14.7. The molecular weight excluding hydrogens is 246 g/mol. The molecule has 1 rings (SSSR count). The lowest BCUT2D eigenvalue weighted by atomic mass is 10.1. The SMILES string of the molecule is CC(=O)NN(NC(C)=O)C(=O)c1cc(C)cc(C)c1. The molecule has 0 unspecified atom stereocenters. The average Bonchev–Trinajstić information content (AvgIpc) is 2.24. The number of benzene rings is 1. The van der Waals surface area contributed by atoms with E-state index in [0.29, 0.717) is 5.56 Å². The first-order valence-electron chi connectivity index (χ1n) is 5.77. The third-order valence-corrected chi connectivity index (χ3v) is 2.21. The molecule has 6 nitrogen and oxygen atoms in total. The molecule has 0 aliphatic carbocycles. The summed E-state index contributed by atoms with van der Waals surface area (Å²) < 4.78 is 0. The summed E-state index contributed by atoms with van der Waals surface area (Å²) in [5.74, 6) is -1.41. The van der Waals surface area contributed by atoms with Crippen molar-refractivity contribution in [2.45, 2.75) is 27.7 Å². The summed E-state index contributed by atoms with van der Waals surface area (Å²) in [5, 5.41) is 0.791. The lowest BCUT2D eigenvalue weighted by Crippen LogP contribution is -2.55. The molecule has 0 atom stereocenters. The Balaban J connectivity index is 3.03. The summed E-state index contributed by atoms with van der Waals surface area (Å²) >= 11 is 0. The van der Waals surface area contributed by atoms with Crippen LogP contribution in [0.5, 0.6) is 0 Å². The zero-order chi connectivity index (χ0) is 14.6. The van der Waals surface area contributed by atoms with E-state index in [-0.39, 0.29) is 0 Å². The standard InChI is InChI=1S/C13H17N3O3/c1-8-5-9(2)7-12(6-8)13(19)16(14-10(3)17)15-11(4)18/h5-7H,1-4H3,(H,14,17)(H,15,18). The fraction of sp³-hybridized carbons (Fsp3) is 0.308. The molecule has 0 radical (unpaired) electrons. The molecule has 0 heterocycles. The second-order valence-electron chi connectivity index (χ2n) is 4.35. The van der Waals surface area contributed by atoms with Crippen LogP contribution in [0.1, 0.15) is 35.3 Å². The van der Waals surface area contributed by atoms with Gasteiger partial charge in [0.1, 0.15) is 0 Å². The molecule has 1 aromatic carbocycles. The van der Waals surface area contributed by atoms with Crippen LogP contribution in [-0.4, -0.2) is 22.8 Å². The van der Waals surface area contributed by atoms with Gasteiger partial charge in [0.05, 0.1) is 0 Å². The Kier molecular flexibility index (Phi) is 4.63. The quantitative estimate of drug-likeness (QED) is 0.737. The number of hydrazine groups is 2. The third-order valence-electron chi connectivity index (χ3n) is 2.21. The van der Waals surface area contributed by atoms with Gasteiger partial charge in [-0.25, -0.2) is 10.9 Å². The van der Waals surface area contributed by atoms with Gasteiger partial charge < -0.3 is 0 Å². The molecule has 102 valence electrons. The second-order valence-corrected chi connectivity index (χ2v) is 4.35. The van der Waals surface area contributed by atoms with E-state index in [4.69, 9.17) is 0 Å². The van der Waals surface area contributed by atoms with E-state index in [1.807, 2.05) is 19.9 Å². The minimum Gasteiger partial charge on any atom is -0.274 e. The lowest BCUT2D eigenvalue weighted by molar-refractivity contribution is -0.129. The smallest absolute Gasteiger partial charge is 0.274 e. The highest BCUT2D eigenvalue weighted by Crippen LogP contribution is 2.10. The first-order valence-corrected chi connectivity index (χ1v) is 5.77. The zero-order valence-electron chi connectivity index (χ0n) is 11.4. The Hall–Kier alpha value is -2.37. The van der Waals surface area contributed by atoms with Crippen molar-refractivity contribution in [1.82, 2.24) is 16.0 Å². The maximum Gasteiger partial charge on any atom is 0.291 e. The fourth-order valence-corrected chi connectivity index (χ4v) is 1.67. The van der Waals surface area contributed by atoms with Crippen molar-refractivity contribution in [2.24, 2.45) is 0 Å². The zero-order valence-corrected chi connectivity index (χ0v) is 11.4. The largest absolute Gasteiger partial charge is 0.291 e. The second kappa shape index (κ2) is 5.99. The van der Waals surface area contributed by atoms with Crippen LogP contribution in [0.15, 0.2) is 18.2 Å². The van der Waals surface area contributed by atoms with Crippen LogP contribution in [0.25, 0.3) is 0 Å². The number of hydrogen-bond donors (Lipinski definition) is 2. The van der Waals surface area contributed by atoms with E-state index in [1.165, 1.54) is 13.8 Å². The van der Waals surface area contributed by atoms with Crippen LogP contribution in [0.4, 0.5) is 0 Å². The van der Waals surface area contributed by atoms with Gasteiger partial charge in [-0.15, -0.1) is 0 Å². The fourth-order valence-electron chi connectivity index (χ4n) is 1.67. The van der Waals surface area contributed by atoms with Crippen LogP contribution < -0.4 is 10.9 Å². The minimum absolute atomic E-state index is 0.389. The van der Waals surface area contributed by atoms with Crippen LogP contribution in [0.3, 0.4) is 0 Å². The summed E-state index contributed by atoms with van der Waals surface area (Å²) in [5.41, 5.74) is 6.76. The summed E-state index contributed by atoms with van der Waals surface area (Å²) in [4.78, 5) is 34.3. The van der Waals surface area contributed by atoms with Crippen LogP contribution >= 0.6 is 0 Å². The summed E-state index contributed by atoms with van der Waals surface area (Å²) in [6.07, 6.45) is 0. The van der Waals surface area contributed by atoms with Crippen LogP contribution in [0.2, 0.25) is 0 Å². The predicted molar refractivity (Wildman–Crippen MR) is 69.7 cm³/mol. The predicted octanol–water partition coefficient (Wildman–Crippen LogP) is 0.848. The third kappa shape index (κ3) is 4.42. The van der Waals surface area contributed by atoms with E-state index in [0.717, 1.165) is 16.2 Å². The van der Waals surface area contributed by atoms with Gasteiger partial charge in [0.25, 0.3) is 5.91 Å². The number of carbonyl (C=O) groups is 3. The Morgan fingerprint density at radius 3 is 1.68 bits per heavy atom. The maximum atomic E-state index is 12.2. The molecule has 0 spiro atoms. The number of aryl methyl sites for hydroxylation is 2. The normalized spacial score (nSPS) is 9.68. The summed E-state index contributed by atoms with van der Waals surface area (Å²) in [6.45, 7) is 6.24. The molecule has 0 saturated carbocycles. The van der Waals surface area contributed by atoms with E-state index >= 15 is 0 Å². The Morgan fingerprint density at radius 2 is 1.32 bits per heavy atom. The molecule has 19 heavy (non-hydrogen) atoms. The first-order chi connectivity index (χ1) is 8.79. The van der Waals surface area contributed by atoms with Crippen molar-refractivity contribution in [3.05, 3.63) is 34.9 Å². The minimum atomic E-state index is -0.503. The number of amides is 3. The highest BCUT2D eigenvalue weighted by Gasteiger charge is 2.18. The average molecular weight is 263 g/mol. The maximum absolute atomic E-state index is 12.2. The topological polar surface area (TPSA) is 78.5 Å². The number of hydrogen-bond acceptors (Lipinski definition) is 3. The molecule has 1 aromatic rings. The van der Waals surface area contributed by atoms with Crippen molar-refractivity contribution in [2.75, 3.05) is 0 Å². The number of nitrogens with zero attached hydrogens (tertiary/aromatic N) is 1. The van der Waals surface area contributed by atoms with Gasteiger partial charge in [0.15, 0.2) is 0 Å². The molecule has 3 amide bonds. The van der Waals surface area contributed by atoms with Crippen molar-refractivity contribution < 1.29 is 14.4 Å². The number of rotatable bonds is 1. The Labute approximate surface area is 111 Å². The van der Waals surface area contributed by atoms with Gasteiger partial charge >= 0.3 is 0 Å². The molecule has 0 aromatic heterocycles. The summed E-state index contributed by atoms with van der Waals surface area (Å²) in [6, 6.07) is 5.30. The highest BCUT2D eigenvalue weighted by atomic mass is 16.2. The van der Waals surface area contributed by atoms with Crippen LogP contribution in [-0.2, 0) is 9.59 Å². The van der Waals surface area contributed by atoms with Gasteiger partial charge in [0, 0.05) is 19.4 Å². The van der Waals surface area contributed by atoms with Gasteiger partial charge in [-0.2, -0.15) is 5.12 Å². The van der Waals surface area contributed by atoms with Gasteiger partial charge in [-0.05, 0) is 26.0 Å². The highest BCUT2D eigenvalue weighted by molar-refractivity contribution is 5.96. The monoisotopic (exact) mass is 263 g/mol. The molecule has 0 saturated heterocycles. The summed E-state index contributed by atoms with van der Waals surface area (Å²) in [7, 11) is 0. The lowest BCUT2D eigenvalue weighted by Gasteiger charge is -2.22. The molecule has 0 bridgehead atoms. The molecule has 0 aliphatic heterocycles. The molecule has 6 heteroatoms. The Morgan fingerprint density at radius 1 is 0.895 bits per heavy atom. The number of nitrogens with one attached hydrogen (secondary N) is 2. The van der Waals surface area contributed by atoms with E-state index in [1.54, 1.807) is 12.1 Å². The van der Waals surface area contributed by atoms with E-state index in [2.05, 4.69) is 10.9 Å². The number of carbonyl (C=O) groups excluding carboxylic acids is 3. The van der Waals surface area contributed by atoms with Crippen molar-refractivity contribution in [3.63, 3.8) is 0 Å². The Bertz CT molecular complexity index is 490. The van der Waals surface area contributed by atoms with Gasteiger partial charge in [-0.1, -0.05) is 17.2 Å².